The number of benzene rings is 1. The van der Waals surface area contributed by atoms with E-state index in [2.05, 4.69) is 27.8 Å². The van der Waals surface area contributed by atoms with Crippen molar-refractivity contribution in [2.75, 3.05) is 0 Å². The maximum absolute atomic E-state index is 13.5. The fourth-order valence-corrected chi connectivity index (χ4v) is 2.81. The van der Waals surface area contributed by atoms with Gasteiger partial charge in [0, 0.05) is 11.6 Å². The minimum atomic E-state index is -0.250. The predicted octanol–water partition coefficient (Wildman–Crippen LogP) is 4.11. The highest BCUT2D eigenvalue weighted by molar-refractivity contribution is 9.10. The molecule has 1 aliphatic rings. The van der Waals surface area contributed by atoms with Gasteiger partial charge < -0.3 is 9.55 Å². The smallest absolute Gasteiger partial charge is 0.178 e. The number of aromatic amines is 1. The average Bonchev–Trinajstić information content (AvgIpc) is 2.84. The van der Waals surface area contributed by atoms with Gasteiger partial charge in [0.25, 0.3) is 0 Å². The van der Waals surface area contributed by atoms with E-state index in [0.717, 1.165) is 23.9 Å². The fraction of sp³-hybridized carbons (Fsp3) is 0.364. The number of imidazole rings is 1. The summed E-state index contributed by atoms with van der Waals surface area (Å²) in [6, 6.07) is 3.28. The van der Waals surface area contributed by atoms with Crippen LogP contribution in [0.1, 0.15) is 19.8 Å². The largest absolute Gasteiger partial charge is 0.331 e. The zero-order valence-electron chi connectivity index (χ0n) is 8.68. The summed E-state index contributed by atoms with van der Waals surface area (Å²) in [6.07, 6.45) is 2.21. The molecule has 84 valence electrons. The van der Waals surface area contributed by atoms with Crippen molar-refractivity contribution in [3.63, 3.8) is 0 Å². The first-order valence-corrected chi connectivity index (χ1v) is 6.32. The standard InChI is InChI=1S/C11H10BrFN2S/c1-11(2-3-11)15-9-5-7(13)6(12)4-8(9)14-10(15)16/h4-5H,2-3H2,1H3,(H,14,16). The van der Waals surface area contributed by atoms with Gasteiger partial charge in [-0.2, -0.15) is 0 Å². The van der Waals surface area contributed by atoms with Crippen LogP contribution >= 0.6 is 28.1 Å². The maximum Gasteiger partial charge on any atom is 0.178 e. The van der Waals surface area contributed by atoms with E-state index in [1.54, 1.807) is 6.07 Å². The first-order valence-electron chi connectivity index (χ1n) is 5.11. The molecule has 0 unspecified atom stereocenters. The van der Waals surface area contributed by atoms with E-state index < -0.39 is 0 Å². The van der Waals surface area contributed by atoms with Gasteiger partial charge in [0.05, 0.1) is 15.5 Å². The summed E-state index contributed by atoms with van der Waals surface area (Å²) in [5.74, 6) is -0.250. The predicted molar refractivity (Wildman–Crippen MR) is 67.7 cm³/mol. The third-order valence-electron chi connectivity index (χ3n) is 3.24. The van der Waals surface area contributed by atoms with Gasteiger partial charge in [-0.05, 0) is 54.0 Å². The molecule has 0 bridgehead atoms. The van der Waals surface area contributed by atoms with Gasteiger partial charge in [-0.3, -0.25) is 0 Å². The van der Waals surface area contributed by atoms with Crippen LogP contribution in [0.3, 0.4) is 0 Å². The quantitative estimate of drug-likeness (QED) is 0.786. The number of fused-ring (bicyclic) bond motifs is 1. The second-order valence-corrected chi connectivity index (χ2v) is 5.79. The lowest BCUT2D eigenvalue weighted by Crippen LogP contribution is -2.11. The van der Waals surface area contributed by atoms with Crippen LogP contribution in [-0.4, -0.2) is 9.55 Å². The molecule has 5 heteroatoms. The Morgan fingerprint density at radius 2 is 2.19 bits per heavy atom. The lowest BCUT2D eigenvalue weighted by molar-refractivity contribution is 0.540. The van der Waals surface area contributed by atoms with Crippen LogP contribution in [0.2, 0.25) is 0 Å². The Labute approximate surface area is 106 Å². The monoisotopic (exact) mass is 300 g/mol. The molecule has 2 nitrogen and oxygen atoms in total. The topological polar surface area (TPSA) is 20.7 Å². The van der Waals surface area contributed by atoms with Crippen LogP contribution in [0, 0.1) is 10.6 Å². The second-order valence-electron chi connectivity index (χ2n) is 4.55. The summed E-state index contributed by atoms with van der Waals surface area (Å²) in [5.41, 5.74) is 1.81. The molecule has 1 aliphatic carbocycles. The molecule has 1 aromatic heterocycles. The molecular formula is C11H10BrFN2S. The summed E-state index contributed by atoms with van der Waals surface area (Å²) in [6.45, 7) is 2.15. The minimum Gasteiger partial charge on any atom is -0.331 e. The molecule has 1 saturated carbocycles. The van der Waals surface area contributed by atoms with E-state index in [9.17, 15) is 4.39 Å². The average molecular weight is 301 g/mol. The summed E-state index contributed by atoms with van der Waals surface area (Å²) in [5, 5.41) is 0. The maximum atomic E-state index is 13.5. The highest BCUT2D eigenvalue weighted by Gasteiger charge is 2.40. The molecule has 16 heavy (non-hydrogen) atoms. The number of nitrogens with one attached hydrogen (secondary N) is 1. The molecule has 1 aromatic carbocycles. The van der Waals surface area contributed by atoms with Crippen LogP contribution < -0.4 is 0 Å². The van der Waals surface area contributed by atoms with Crippen LogP contribution in [-0.2, 0) is 5.54 Å². The molecule has 0 spiro atoms. The van der Waals surface area contributed by atoms with E-state index in [4.69, 9.17) is 12.2 Å². The number of hydrogen-bond acceptors (Lipinski definition) is 1. The lowest BCUT2D eigenvalue weighted by atomic mass is 10.2. The van der Waals surface area contributed by atoms with Crippen molar-refractivity contribution < 1.29 is 4.39 Å². The molecule has 1 fully saturated rings. The SMILES string of the molecule is CC1(n2c(=S)[nH]c3cc(Br)c(F)cc32)CC1. The van der Waals surface area contributed by atoms with Crippen molar-refractivity contribution in [1.29, 1.82) is 0 Å². The van der Waals surface area contributed by atoms with Crippen LogP contribution in [0.4, 0.5) is 4.39 Å². The van der Waals surface area contributed by atoms with Gasteiger partial charge in [-0.15, -0.1) is 0 Å². The van der Waals surface area contributed by atoms with Crippen molar-refractivity contribution in [3.8, 4) is 0 Å². The van der Waals surface area contributed by atoms with Crippen LogP contribution in [0.25, 0.3) is 11.0 Å². The Balaban J connectivity index is 2.40. The summed E-state index contributed by atoms with van der Waals surface area (Å²) in [7, 11) is 0. The first-order chi connectivity index (χ1) is 7.51. The van der Waals surface area contributed by atoms with E-state index in [-0.39, 0.29) is 11.4 Å². The Hall–Kier alpha value is -0.680. The number of hydrogen-bond donors (Lipinski definition) is 1. The molecule has 0 amide bonds. The van der Waals surface area contributed by atoms with Crippen molar-refractivity contribution in [2.24, 2.45) is 0 Å². The molecule has 2 aromatic rings. The van der Waals surface area contributed by atoms with Crippen molar-refractivity contribution in [1.82, 2.24) is 9.55 Å². The molecule has 0 atom stereocenters. The zero-order chi connectivity index (χ0) is 11.5. The number of halogens is 2. The van der Waals surface area contributed by atoms with E-state index in [1.807, 2.05) is 4.57 Å². The number of rotatable bonds is 1. The Kier molecular flexibility index (Phi) is 2.07. The Bertz CT molecular complexity index is 639. The van der Waals surface area contributed by atoms with Gasteiger partial charge in [0.2, 0.25) is 0 Å². The number of H-pyrrole nitrogens is 1. The highest BCUT2D eigenvalue weighted by atomic mass is 79.9. The van der Waals surface area contributed by atoms with E-state index >= 15 is 0 Å². The van der Waals surface area contributed by atoms with E-state index in [1.165, 1.54) is 6.07 Å². The van der Waals surface area contributed by atoms with E-state index in [0.29, 0.717) is 9.24 Å². The minimum absolute atomic E-state index is 0.0790. The normalized spacial score (nSPS) is 17.9. The van der Waals surface area contributed by atoms with Crippen molar-refractivity contribution in [3.05, 3.63) is 27.2 Å². The number of nitrogens with zero attached hydrogens (tertiary/aromatic N) is 1. The molecule has 3 rings (SSSR count). The van der Waals surface area contributed by atoms with Gasteiger partial charge in [0.1, 0.15) is 5.82 Å². The highest BCUT2D eigenvalue weighted by Crippen LogP contribution is 2.45. The Morgan fingerprint density at radius 3 is 2.81 bits per heavy atom. The third-order valence-corrected chi connectivity index (χ3v) is 4.13. The van der Waals surface area contributed by atoms with Crippen molar-refractivity contribution in [2.45, 2.75) is 25.3 Å². The van der Waals surface area contributed by atoms with Gasteiger partial charge >= 0.3 is 0 Å². The molecule has 0 aliphatic heterocycles. The number of aromatic nitrogens is 2. The lowest BCUT2D eigenvalue weighted by Gasteiger charge is -2.11. The fourth-order valence-electron chi connectivity index (χ4n) is 2.04. The molecule has 0 radical (unpaired) electrons. The van der Waals surface area contributed by atoms with Gasteiger partial charge in [-0.25, -0.2) is 4.39 Å². The third kappa shape index (κ3) is 1.38. The summed E-state index contributed by atoms with van der Waals surface area (Å²) < 4.78 is 16.7. The zero-order valence-corrected chi connectivity index (χ0v) is 11.1. The summed E-state index contributed by atoms with van der Waals surface area (Å²) in [4.78, 5) is 3.12. The molecule has 1 N–H and O–H groups in total. The van der Waals surface area contributed by atoms with Gasteiger partial charge in [-0.1, -0.05) is 0 Å². The van der Waals surface area contributed by atoms with Crippen molar-refractivity contribution >= 4 is 39.2 Å². The second kappa shape index (κ2) is 3.17. The van der Waals surface area contributed by atoms with Crippen LogP contribution in [0.5, 0.6) is 0 Å². The first kappa shape index (κ1) is 10.5. The molecular weight excluding hydrogens is 291 g/mol. The summed E-state index contributed by atoms with van der Waals surface area (Å²) >= 11 is 8.48. The molecule has 1 heterocycles. The van der Waals surface area contributed by atoms with Gasteiger partial charge in [0.15, 0.2) is 4.77 Å². The Morgan fingerprint density at radius 1 is 1.50 bits per heavy atom. The molecule has 0 saturated heterocycles. The van der Waals surface area contributed by atoms with Crippen LogP contribution in [0.15, 0.2) is 16.6 Å².